The molecule has 0 bridgehead atoms. The Morgan fingerprint density at radius 1 is 1.00 bits per heavy atom. The quantitative estimate of drug-likeness (QED) is 0.511. The van der Waals surface area contributed by atoms with Crippen molar-refractivity contribution in [2.75, 3.05) is 26.0 Å². The Balaban J connectivity index is 1.51. The van der Waals surface area contributed by atoms with Crippen LogP contribution in [0, 0.1) is 5.82 Å². The number of methoxy groups -OCH3 is 1. The highest BCUT2D eigenvalue weighted by molar-refractivity contribution is 7.89. The molecule has 31 heavy (non-hydrogen) atoms. The molecule has 8 nitrogen and oxygen atoms in total. The Kier molecular flexibility index (Phi) is 7.37. The summed E-state index contributed by atoms with van der Waals surface area (Å²) in [6.07, 6.45) is 0. The third kappa shape index (κ3) is 6.63. The summed E-state index contributed by atoms with van der Waals surface area (Å²) in [4.78, 5) is 12.0. The normalized spacial score (nSPS) is 11.3. The number of nitrogens with one attached hydrogen (secondary N) is 1. The van der Waals surface area contributed by atoms with Gasteiger partial charge in [-0.3, -0.25) is 4.79 Å². The molecule has 1 aromatic heterocycles. The summed E-state index contributed by atoms with van der Waals surface area (Å²) < 4.78 is 51.5. The van der Waals surface area contributed by atoms with E-state index in [0.29, 0.717) is 22.8 Å². The molecule has 1 heterocycles. The van der Waals surface area contributed by atoms with E-state index in [4.69, 9.17) is 9.47 Å². The summed E-state index contributed by atoms with van der Waals surface area (Å²) in [5.41, 5.74) is 0.759. The van der Waals surface area contributed by atoms with Gasteiger partial charge in [0.05, 0.1) is 25.1 Å². The number of hydrogen-bond donors (Lipinski definition) is 1. The second-order valence-corrected chi connectivity index (χ2v) is 8.45. The molecule has 2 aromatic carbocycles. The van der Waals surface area contributed by atoms with Crippen molar-refractivity contribution in [3.05, 3.63) is 76.8 Å². The first-order valence-corrected chi connectivity index (χ1v) is 11.1. The molecule has 0 fully saturated rings. The Morgan fingerprint density at radius 3 is 2.35 bits per heavy atom. The number of halogens is 1. The van der Waals surface area contributed by atoms with Gasteiger partial charge in [0.25, 0.3) is 5.56 Å². The van der Waals surface area contributed by atoms with Crippen molar-refractivity contribution >= 4 is 10.0 Å². The Morgan fingerprint density at radius 2 is 1.68 bits per heavy atom. The molecule has 164 valence electrons. The van der Waals surface area contributed by atoms with Gasteiger partial charge in [0.2, 0.25) is 10.0 Å². The van der Waals surface area contributed by atoms with Crippen molar-refractivity contribution in [2.24, 2.45) is 0 Å². The Bertz CT molecular complexity index is 1160. The van der Waals surface area contributed by atoms with Crippen LogP contribution in [0.5, 0.6) is 11.5 Å². The zero-order chi connectivity index (χ0) is 22.3. The highest BCUT2D eigenvalue weighted by Gasteiger charge is 2.11. The summed E-state index contributed by atoms with van der Waals surface area (Å²) in [5.74, 6) is 0.595. The molecule has 0 aliphatic rings. The van der Waals surface area contributed by atoms with Crippen LogP contribution in [0.4, 0.5) is 4.39 Å². The van der Waals surface area contributed by atoms with Crippen molar-refractivity contribution in [1.82, 2.24) is 14.5 Å². The zero-order valence-electron chi connectivity index (χ0n) is 16.8. The maximum atomic E-state index is 13.1. The number of nitrogens with zero attached hydrogens (tertiary/aromatic N) is 2. The Hall–Kier alpha value is -3.24. The fourth-order valence-electron chi connectivity index (χ4n) is 2.70. The predicted molar refractivity (Wildman–Crippen MR) is 114 cm³/mol. The van der Waals surface area contributed by atoms with E-state index < -0.39 is 10.0 Å². The number of benzene rings is 2. The molecule has 0 saturated carbocycles. The van der Waals surface area contributed by atoms with Crippen molar-refractivity contribution in [1.29, 1.82) is 0 Å². The predicted octanol–water partition coefficient (Wildman–Crippen LogP) is 2.06. The summed E-state index contributed by atoms with van der Waals surface area (Å²) in [5, 5.41) is 4.22. The van der Waals surface area contributed by atoms with Gasteiger partial charge in [0.1, 0.15) is 23.9 Å². The molecular weight excluding hydrogens is 425 g/mol. The molecule has 10 heteroatoms. The smallest absolute Gasteiger partial charge is 0.266 e. The molecule has 0 radical (unpaired) electrons. The lowest BCUT2D eigenvalue weighted by molar-refractivity contribution is 0.339. The van der Waals surface area contributed by atoms with Gasteiger partial charge in [-0.15, -0.1) is 0 Å². The minimum Gasteiger partial charge on any atom is -0.497 e. The van der Waals surface area contributed by atoms with Crippen LogP contribution >= 0.6 is 0 Å². The van der Waals surface area contributed by atoms with Crippen LogP contribution in [-0.4, -0.2) is 44.2 Å². The van der Waals surface area contributed by atoms with E-state index in [1.165, 1.54) is 24.3 Å². The molecule has 0 unspecified atom stereocenters. The largest absolute Gasteiger partial charge is 0.497 e. The Labute approximate surface area is 179 Å². The van der Waals surface area contributed by atoms with Crippen LogP contribution < -0.4 is 19.8 Å². The van der Waals surface area contributed by atoms with Gasteiger partial charge in [-0.05, 0) is 54.6 Å². The fourth-order valence-corrected chi connectivity index (χ4v) is 3.55. The fraction of sp³-hybridized carbons (Fsp3) is 0.238. The van der Waals surface area contributed by atoms with Crippen LogP contribution in [0.15, 0.2) is 65.5 Å². The average Bonchev–Trinajstić information content (AvgIpc) is 2.76. The second kappa shape index (κ2) is 10.2. The summed E-state index contributed by atoms with van der Waals surface area (Å²) in [6.45, 7) is 0.0109. The molecular formula is C21H22FN3O5S. The molecule has 0 saturated heterocycles. The van der Waals surface area contributed by atoms with E-state index in [2.05, 4.69) is 9.82 Å². The second-order valence-electron chi connectivity index (χ2n) is 6.52. The first kappa shape index (κ1) is 22.4. The molecule has 0 amide bonds. The van der Waals surface area contributed by atoms with E-state index in [1.54, 1.807) is 43.5 Å². The van der Waals surface area contributed by atoms with E-state index in [9.17, 15) is 17.6 Å². The van der Waals surface area contributed by atoms with Crippen LogP contribution in [0.25, 0.3) is 11.3 Å². The van der Waals surface area contributed by atoms with Gasteiger partial charge in [-0.2, -0.15) is 5.10 Å². The van der Waals surface area contributed by atoms with Gasteiger partial charge in [0.15, 0.2) is 0 Å². The van der Waals surface area contributed by atoms with Crippen LogP contribution in [0.2, 0.25) is 0 Å². The van der Waals surface area contributed by atoms with Crippen LogP contribution in [0.3, 0.4) is 0 Å². The third-order valence-electron chi connectivity index (χ3n) is 4.33. The van der Waals surface area contributed by atoms with Gasteiger partial charge in [0, 0.05) is 18.2 Å². The van der Waals surface area contributed by atoms with E-state index in [1.807, 2.05) is 0 Å². The first-order valence-electron chi connectivity index (χ1n) is 9.44. The van der Waals surface area contributed by atoms with Gasteiger partial charge in [-0.25, -0.2) is 22.2 Å². The van der Waals surface area contributed by atoms with Crippen molar-refractivity contribution < 1.29 is 22.3 Å². The molecule has 0 aliphatic heterocycles. The van der Waals surface area contributed by atoms with Gasteiger partial charge < -0.3 is 9.47 Å². The number of ether oxygens (including phenoxy) is 2. The lowest BCUT2D eigenvalue weighted by atomic mass is 10.1. The number of rotatable bonds is 10. The highest BCUT2D eigenvalue weighted by Crippen LogP contribution is 2.17. The minimum absolute atomic E-state index is 0.00928. The van der Waals surface area contributed by atoms with E-state index in [-0.39, 0.29) is 36.8 Å². The van der Waals surface area contributed by atoms with E-state index >= 15 is 0 Å². The molecule has 1 N–H and O–H groups in total. The van der Waals surface area contributed by atoms with Gasteiger partial charge in [-0.1, -0.05) is 0 Å². The SMILES string of the molecule is COc1ccc(OCCS(=O)(=O)NCCn2nc(-c3ccc(F)cc3)ccc2=O)cc1. The van der Waals surface area contributed by atoms with Crippen LogP contribution in [-0.2, 0) is 16.6 Å². The molecule has 3 rings (SSSR count). The van der Waals surface area contributed by atoms with Crippen molar-refractivity contribution in [2.45, 2.75) is 6.54 Å². The lowest BCUT2D eigenvalue weighted by Gasteiger charge is -2.10. The van der Waals surface area contributed by atoms with Crippen molar-refractivity contribution in [3.8, 4) is 22.8 Å². The van der Waals surface area contributed by atoms with Crippen LogP contribution in [0.1, 0.15) is 0 Å². The molecule has 3 aromatic rings. The maximum absolute atomic E-state index is 13.1. The van der Waals surface area contributed by atoms with E-state index in [0.717, 1.165) is 4.68 Å². The summed E-state index contributed by atoms with van der Waals surface area (Å²) >= 11 is 0. The third-order valence-corrected chi connectivity index (χ3v) is 5.68. The minimum atomic E-state index is -3.60. The zero-order valence-corrected chi connectivity index (χ0v) is 17.6. The van der Waals surface area contributed by atoms with Gasteiger partial charge >= 0.3 is 0 Å². The number of sulfonamides is 1. The topological polar surface area (TPSA) is 99.5 Å². The molecule has 0 aliphatic carbocycles. The number of hydrogen-bond acceptors (Lipinski definition) is 6. The average molecular weight is 447 g/mol. The number of aromatic nitrogens is 2. The summed E-state index contributed by atoms with van der Waals surface area (Å²) in [6, 6.07) is 15.4. The monoisotopic (exact) mass is 447 g/mol. The standard InChI is InChI=1S/C21H22FN3O5S/c1-29-18-6-8-19(9-7-18)30-14-15-31(27,28)23-12-13-25-21(26)11-10-20(24-25)16-2-4-17(22)5-3-16/h2-11,23H,12-15H2,1H3. The van der Waals surface area contributed by atoms with Crippen molar-refractivity contribution in [3.63, 3.8) is 0 Å². The lowest BCUT2D eigenvalue weighted by Crippen LogP contribution is -2.34. The molecule has 0 spiro atoms. The summed E-state index contributed by atoms with van der Waals surface area (Å²) in [7, 11) is -2.05. The highest BCUT2D eigenvalue weighted by atomic mass is 32.2. The molecule has 0 atom stereocenters. The first-order chi connectivity index (χ1) is 14.9. The maximum Gasteiger partial charge on any atom is 0.266 e.